The molecule has 1 aromatic carbocycles. The summed E-state index contributed by atoms with van der Waals surface area (Å²) in [7, 11) is 0. The summed E-state index contributed by atoms with van der Waals surface area (Å²) in [5.41, 5.74) is 3.97. The van der Waals surface area contributed by atoms with E-state index in [1.54, 1.807) is 0 Å². The number of nitrogens with zero attached hydrogens (tertiary/aromatic N) is 2. The largest absolute Gasteiger partial charge is 0.368 e. The molecule has 2 aliphatic rings. The molecule has 0 radical (unpaired) electrons. The van der Waals surface area contributed by atoms with E-state index in [0.717, 1.165) is 26.2 Å². The van der Waals surface area contributed by atoms with Crippen molar-refractivity contribution >= 4 is 11.7 Å². The van der Waals surface area contributed by atoms with Crippen LogP contribution < -0.4 is 10.2 Å². The van der Waals surface area contributed by atoms with Crippen LogP contribution in [0.3, 0.4) is 0 Å². The monoisotopic (exact) mass is 327 g/mol. The molecule has 3 rings (SSSR count). The topological polar surface area (TPSA) is 35.6 Å². The quantitative estimate of drug-likeness (QED) is 0.915. The van der Waals surface area contributed by atoms with Crippen molar-refractivity contribution in [3.8, 4) is 0 Å². The lowest BCUT2D eigenvalue weighted by Crippen LogP contribution is -2.51. The Bertz CT molecular complexity index is 597. The molecule has 0 bridgehead atoms. The Kier molecular flexibility index (Phi) is 5.44. The molecule has 0 aromatic heterocycles. The molecule has 1 N–H and O–H groups in total. The van der Waals surface area contributed by atoms with Crippen molar-refractivity contribution in [1.29, 1.82) is 0 Å². The molecule has 1 saturated carbocycles. The minimum atomic E-state index is 0.0323. The van der Waals surface area contributed by atoms with Crippen LogP contribution in [-0.2, 0) is 0 Å². The van der Waals surface area contributed by atoms with E-state index in [0.29, 0.717) is 5.92 Å². The Morgan fingerprint density at radius 1 is 1.12 bits per heavy atom. The second-order valence-corrected chi connectivity index (χ2v) is 7.05. The van der Waals surface area contributed by atoms with Gasteiger partial charge in [-0.2, -0.15) is 0 Å². The molecule has 1 heterocycles. The molecule has 130 valence electrons. The van der Waals surface area contributed by atoms with Gasteiger partial charge in [-0.15, -0.1) is 0 Å². The molecule has 4 heteroatoms. The number of benzene rings is 1. The first-order valence-electron chi connectivity index (χ1n) is 9.18. The van der Waals surface area contributed by atoms with Gasteiger partial charge in [-0.1, -0.05) is 31.1 Å². The number of anilines is 1. The number of allylic oxidation sites excluding steroid dienone is 1. The van der Waals surface area contributed by atoms with Gasteiger partial charge < -0.3 is 15.1 Å². The Labute approximate surface area is 145 Å². The summed E-state index contributed by atoms with van der Waals surface area (Å²) in [4.78, 5) is 16.6. The van der Waals surface area contributed by atoms with Crippen LogP contribution in [-0.4, -0.2) is 37.1 Å². The van der Waals surface area contributed by atoms with Crippen LogP contribution in [0.25, 0.3) is 0 Å². The maximum atomic E-state index is 12.3. The number of hydrogen-bond acceptors (Lipinski definition) is 2. The van der Waals surface area contributed by atoms with E-state index < -0.39 is 0 Å². The van der Waals surface area contributed by atoms with Gasteiger partial charge in [0.05, 0.1) is 0 Å². The normalized spacial score (nSPS) is 19.2. The standard InChI is InChI=1S/C20H29N3O/c1-16-6-5-9-19(17(16)2)22-12-14-23(15-13-22)20(24)21-11-10-18-7-3-4-8-18/h5-6,9-11,18H,3-4,7-8,12-15H2,1-2H3,(H,21,24)/b11-10+. The van der Waals surface area contributed by atoms with Crippen molar-refractivity contribution < 1.29 is 4.79 Å². The van der Waals surface area contributed by atoms with Gasteiger partial charge in [0.2, 0.25) is 0 Å². The number of amides is 2. The first-order valence-corrected chi connectivity index (χ1v) is 9.18. The average Bonchev–Trinajstić information content (AvgIpc) is 3.11. The van der Waals surface area contributed by atoms with Crippen LogP contribution >= 0.6 is 0 Å². The first-order chi connectivity index (χ1) is 11.6. The Balaban J connectivity index is 1.49. The molecule has 2 amide bonds. The van der Waals surface area contributed by atoms with Crippen LogP contribution in [0.15, 0.2) is 30.5 Å². The van der Waals surface area contributed by atoms with Crippen molar-refractivity contribution in [2.24, 2.45) is 5.92 Å². The number of aryl methyl sites for hydroxylation is 1. The smallest absolute Gasteiger partial charge is 0.321 e. The highest BCUT2D eigenvalue weighted by atomic mass is 16.2. The van der Waals surface area contributed by atoms with Gasteiger partial charge in [-0.05, 0) is 49.8 Å². The van der Waals surface area contributed by atoms with Gasteiger partial charge in [0.25, 0.3) is 0 Å². The van der Waals surface area contributed by atoms with Gasteiger partial charge in [0.1, 0.15) is 0 Å². The number of nitrogens with one attached hydrogen (secondary N) is 1. The van der Waals surface area contributed by atoms with Crippen molar-refractivity contribution in [3.05, 3.63) is 41.6 Å². The van der Waals surface area contributed by atoms with E-state index in [4.69, 9.17) is 0 Å². The second-order valence-electron chi connectivity index (χ2n) is 7.05. The molecular formula is C20H29N3O. The number of hydrogen-bond donors (Lipinski definition) is 1. The van der Waals surface area contributed by atoms with Crippen molar-refractivity contribution in [3.63, 3.8) is 0 Å². The molecule has 2 fully saturated rings. The number of piperazine rings is 1. The Morgan fingerprint density at radius 3 is 2.54 bits per heavy atom. The molecule has 24 heavy (non-hydrogen) atoms. The summed E-state index contributed by atoms with van der Waals surface area (Å²) in [6.07, 6.45) is 9.20. The highest BCUT2D eigenvalue weighted by Crippen LogP contribution is 2.25. The summed E-state index contributed by atoms with van der Waals surface area (Å²) < 4.78 is 0. The lowest BCUT2D eigenvalue weighted by atomic mass is 10.1. The fourth-order valence-corrected chi connectivity index (χ4v) is 3.73. The Morgan fingerprint density at radius 2 is 1.83 bits per heavy atom. The fraction of sp³-hybridized carbons (Fsp3) is 0.550. The fourth-order valence-electron chi connectivity index (χ4n) is 3.73. The summed E-state index contributed by atoms with van der Waals surface area (Å²) in [6, 6.07) is 6.48. The predicted molar refractivity (Wildman–Crippen MR) is 99.3 cm³/mol. The maximum absolute atomic E-state index is 12.3. The zero-order valence-electron chi connectivity index (χ0n) is 14.9. The van der Waals surface area contributed by atoms with Gasteiger partial charge >= 0.3 is 6.03 Å². The van der Waals surface area contributed by atoms with Crippen LogP contribution in [0.1, 0.15) is 36.8 Å². The van der Waals surface area contributed by atoms with E-state index in [9.17, 15) is 4.79 Å². The van der Waals surface area contributed by atoms with E-state index in [1.807, 2.05) is 11.1 Å². The van der Waals surface area contributed by atoms with E-state index in [1.165, 1.54) is 42.5 Å². The van der Waals surface area contributed by atoms with Crippen LogP contribution in [0.2, 0.25) is 0 Å². The third-order valence-electron chi connectivity index (χ3n) is 5.46. The van der Waals surface area contributed by atoms with Gasteiger partial charge in [0, 0.05) is 38.1 Å². The minimum Gasteiger partial charge on any atom is -0.368 e. The molecule has 1 aromatic rings. The zero-order chi connectivity index (χ0) is 16.9. The van der Waals surface area contributed by atoms with E-state index in [-0.39, 0.29) is 6.03 Å². The van der Waals surface area contributed by atoms with Gasteiger partial charge in [-0.3, -0.25) is 0 Å². The summed E-state index contributed by atoms with van der Waals surface area (Å²) in [5.74, 6) is 0.659. The predicted octanol–water partition coefficient (Wildman–Crippen LogP) is 3.84. The van der Waals surface area contributed by atoms with E-state index >= 15 is 0 Å². The number of urea groups is 1. The highest BCUT2D eigenvalue weighted by Gasteiger charge is 2.21. The Hall–Kier alpha value is -1.97. The molecule has 4 nitrogen and oxygen atoms in total. The lowest BCUT2D eigenvalue weighted by Gasteiger charge is -2.36. The number of rotatable bonds is 3. The maximum Gasteiger partial charge on any atom is 0.321 e. The average molecular weight is 327 g/mol. The van der Waals surface area contributed by atoms with E-state index in [2.05, 4.69) is 48.3 Å². The van der Waals surface area contributed by atoms with Crippen LogP contribution in [0.5, 0.6) is 0 Å². The summed E-state index contributed by atoms with van der Waals surface area (Å²) in [6.45, 7) is 7.66. The molecule has 1 aliphatic heterocycles. The zero-order valence-corrected chi connectivity index (χ0v) is 14.9. The lowest BCUT2D eigenvalue weighted by molar-refractivity contribution is 0.198. The molecule has 0 atom stereocenters. The molecule has 1 saturated heterocycles. The molecular weight excluding hydrogens is 298 g/mol. The van der Waals surface area contributed by atoms with Crippen molar-refractivity contribution in [2.45, 2.75) is 39.5 Å². The highest BCUT2D eigenvalue weighted by molar-refractivity contribution is 5.75. The minimum absolute atomic E-state index is 0.0323. The SMILES string of the molecule is Cc1cccc(N2CCN(C(=O)N/C=C/C3CCCC3)CC2)c1C. The van der Waals surface area contributed by atoms with Crippen LogP contribution in [0, 0.1) is 19.8 Å². The number of carbonyl (C=O) groups is 1. The third-order valence-corrected chi connectivity index (χ3v) is 5.46. The number of carbonyl (C=O) groups excluding carboxylic acids is 1. The van der Waals surface area contributed by atoms with Crippen molar-refractivity contribution in [2.75, 3.05) is 31.1 Å². The third kappa shape index (κ3) is 3.92. The molecule has 0 unspecified atom stereocenters. The van der Waals surface area contributed by atoms with Gasteiger partial charge in [-0.25, -0.2) is 4.79 Å². The molecule has 1 aliphatic carbocycles. The second kappa shape index (κ2) is 7.73. The van der Waals surface area contributed by atoms with Crippen LogP contribution in [0.4, 0.5) is 10.5 Å². The van der Waals surface area contributed by atoms with Crippen molar-refractivity contribution in [1.82, 2.24) is 10.2 Å². The first kappa shape index (κ1) is 16.9. The molecule has 0 spiro atoms. The van der Waals surface area contributed by atoms with Gasteiger partial charge in [0.15, 0.2) is 0 Å². The summed E-state index contributed by atoms with van der Waals surface area (Å²) >= 11 is 0. The summed E-state index contributed by atoms with van der Waals surface area (Å²) in [5, 5.41) is 2.94.